The smallest absolute Gasteiger partial charge is 0.416 e. The van der Waals surface area contributed by atoms with Crippen molar-refractivity contribution in [1.82, 2.24) is 4.90 Å². The number of aryl methyl sites for hydroxylation is 2. The molecule has 10 heteroatoms. The SMILES string of the molecule is CCOC(=O)C(C)(C)Oc1c(C)cc(CCN2C(=O)CN(c3ccc(C(F)(F)F)cc3)C2=O)cc1C. The van der Waals surface area contributed by atoms with E-state index in [0.717, 1.165) is 38.6 Å². The maximum Gasteiger partial charge on any atom is 0.416 e. The fourth-order valence-electron chi connectivity index (χ4n) is 3.98. The van der Waals surface area contributed by atoms with E-state index in [1.807, 2.05) is 26.0 Å². The Balaban J connectivity index is 1.69. The molecule has 0 aromatic heterocycles. The van der Waals surface area contributed by atoms with Crippen LogP contribution in [0.25, 0.3) is 0 Å². The molecule has 1 fully saturated rings. The first-order valence-electron chi connectivity index (χ1n) is 11.5. The number of halogens is 3. The van der Waals surface area contributed by atoms with Crippen molar-refractivity contribution < 1.29 is 37.0 Å². The summed E-state index contributed by atoms with van der Waals surface area (Å²) in [5.74, 6) is -0.348. The third kappa shape index (κ3) is 5.80. The van der Waals surface area contributed by atoms with Gasteiger partial charge in [-0.3, -0.25) is 14.6 Å². The summed E-state index contributed by atoms with van der Waals surface area (Å²) in [6.45, 7) is 8.78. The molecule has 0 atom stereocenters. The molecule has 0 radical (unpaired) electrons. The van der Waals surface area contributed by atoms with Crippen LogP contribution < -0.4 is 9.64 Å². The molecule has 0 spiro atoms. The normalized spacial score (nSPS) is 14.4. The average molecular weight is 507 g/mol. The van der Waals surface area contributed by atoms with E-state index in [1.165, 1.54) is 12.1 Å². The fourth-order valence-corrected chi connectivity index (χ4v) is 3.98. The predicted molar refractivity (Wildman–Crippen MR) is 127 cm³/mol. The molecule has 0 unspecified atom stereocenters. The molecule has 1 saturated heterocycles. The second-order valence-electron chi connectivity index (χ2n) is 9.10. The minimum absolute atomic E-state index is 0.113. The van der Waals surface area contributed by atoms with Crippen LogP contribution in [0.2, 0.25) is 0 Å². The molecule has 0 bridgehead atoms. The van der Waals surface area contributed by atoms with Gasteiger partial charge in [-0.05, 0) is 82.0 Å². The van der Waals surface area contributed by atoms with Crippen molar-refractivity contribution in [2.45, 2.75) is 52.8 Å². The number of urea groups is 1. The maximum absolute atomic E-state index is 12.8. The van der Waals surface area contributed by atoms with Crippen molar-refractivity contribution in [2.75, 3.05) is 24.6 Å². The van der Waals surface area contributed by atoms with Crippen LogP contribution in [-0.2, 0) is 26.9 Å². The molecule has 1 aliphatic rings. The van der Waals surface area contributed by atoms with Crippen molar-refractivity contribution >= 4 is 23.6 Å². The Labute approximate surface area is 207 Å². The van der Waals surface area contributed by atoms with Crippen LogP contribution >= 0.6 is 0 Å². The second-order valence-corrected chi connectivity index (χ2v) is 9.10. The summed E-state index contributed by atoms with van der Waals surface area (Å²) in [5, 5.41) is 0. The molecule has 3 amide bonds. The van der Waals surface area contributed by atoms with Gasteiger partial charge in [-0.1, -0.05) is 12.1 Å². The van der Waals surface area contributed by atoms with Gasteiger partial charge in [0, 0.05) is 12.2 Å². The number of esters is 1. The van der Waals surface area contributed by atoms with Crippen LogP contribution in [0.15, 0.2) is 36.4 Å². The van der Waals surface area contributed by atoms with E-state index in [1.54, 1.807) is 20.8 Å². The van der Waals surface area contributed by atoms with Crippen molar-refractivity contribution in [3.05, 3.63) is 58.7 Å². The van der Waals surface area contributed by atoms with E-state index in [0.29, 0.717) is 12.2 Å². The van der Waals surface area contributed by atoms with Crippen molar-refractivity contribution in [3.63, 3.8) is 0 Å². The zero-order valence-electron chi connectivity index (χ0n) is 20.9. The van der Waals surface area contributed by atoms with E-state index in [-0.39, 0.29) is 25.4 Å². The average Bonchev–Trinajstić information content (AvgIpc) is 3.07. The lowest BCUT2D eigenvalue weighted by Crippen LogP contribution is -2.40. The van der Waals surface area contributed by atoms with E-state index in [9.17, 15) is 27.6 Å². The van der Waals surface area contributed by atoms with Crippen LogP contribution in [0.5, 0.6) is 5.75 Å². The Bertz CT molecular complexity index is 1140. The van der Waals surface area contributed by atoms with Gasteiger partial charge in [0.15, 0.2) is 5.60 Å². The molecule has 2 aromatic rings. The van der Waals surface area contributed by atoms with E-state index in [4.69, 9.17) is 9.47 Å². The van der Waals surface area contributed by atoms with E-state index >= 15 is 0 Å². The first-order chi connectivity index (χ1) is 16.7. The summed E-state index contributed by atoms with van der Waals surface area (Å²) in [6, 6.07) is 7.28. The van der Waals surface area contributed by atoms with Crippen molar-refractivity contribution in [2.24, 2.45) is 0 Å². The molecule has 0 saturated carbocycles. The minimum atomic E-state index is -4.49. The number of imide groups is 1. The van der Waals surface area contributed by atoms with Crippen LogP contribution in [-0.4, -0.2) is 48.1 Å². The molecule has 2 aromatic carbocycles. The molecular formula is C26H29F3N2O5. The largest absolute Gasteiger partial charge is 0.476 e. The third-order valence-corrected chi connectivity index (χ3v) is 5.83. The molecule has 0 aliphatic carbocycles. The van der Waals surface area contributed by atoms with Gasteiger partial charge < -0.3 is 9.47 Å². The van der Waals surface area contributed by atoms with Crippen LogP contribution in [0.4, 0.5) is 23.7 Å². The van der Waals surface area contributed by atoms with Gasteiger partial charge in [0.25, 0.3) is 5.91 Å². The lowest BCUT2D eigenvalue weighted by atomic mass is 10.0. The zero-order chi connectivity index (χ0) is 26.8. The first-order valence-corrected chi connectivity index (χ1v) is 11.5. The second kappa shape index (κ2) is 10.2. The highest BCUT2D eigenvalue weighted by atomic mass is 19.4. The van der Waals surface area contributed by atoms with E-state index < -0.39 is 35.2 Å². The van der Waals surface area contributed by atoms with Gasteiger partial charge in [0.2, 0.25) is 0 Å². The number of hydrogen-bond donors (Lipinski definition) is 0. The van der Waals surface area contributed by atoms with Crippen LogP contribution in [0, 0.1) is 13.8 Å². The molecule has 0 N–H and O–H groups in total. The Morgan fingerprint density at radius 1 is 1.03 bits per heavy atom. The highest BCUT2D eigenvalue weighted by Crippen LogP contribution is 2.32. The van der Waals surface area contributed by atoms with Crippen molar-refractivity contribution in [1.29, 1.82) is 0 Å². The highest BCUT2D eigenvalue weighted by Gasteiger charge is 2.37. The lowest BCUT2D eigenvalue weighted by molar-refractivity contribution is -0.158. The van der Waals surface area contributed by atoms with E-state index in [2.05, 4.69) is 0 Å². The summed E-state index contributed by atoms with van der Waals surface area (Å²) >= 11 is 0. The number of carbonyl (C=O) groups is 3. The lowest BCUT2D eigenvalue weighted by Gasteiger charge is -2.26. The number of amides is 3. The third-order valence-electron chi connectivity index (χ3n) is 5.83. The van der Waals surface area contributed by atoms with Gasteiger partial charge in [-0.25, -0.2) is 9.59 Å². The van der Waals surface area contributed by atoms with Gasteiger partial charge in [0.1, 0.15) is 12.3 Å². The quantitative estimate of drug-likeness (QED) is 0.370. The Morgan fingerprint density at radius 3 is 2.14 bits per heavy atom. The number of rotatable bonds is 8. The number of carbonyl (C=O) groups excluding carboxylic acids is 3. The summed E-state index contributed by atoms with van der Waals surface area (Å²) in [5.41, 5.74) is 0.648. The van der Waals surface area contributed by atoms with Gasteiger partial charge >= 0.3 is 18.2 Å². The Hall–Kier alpha value is -3.56. The molecule has 7 nitrogen and oxygen atoms in total. The molecule has 36 heavy (non-hydrogen) atoms. The first kappa shape index (κ1) is 27.0. The predicted octanol–water partition coefficient (Wildman–Crippen LogP) is 5.05. The molecule has 3 rings (SSSR count). The standard InChI is InChI=1S/C26H29F3N2O5/c1-6-35-23(33)25(4,5)36-22-16(2)13-18(14-17(22)3)11-12-30-21(32)15-31(24(30)34)20-9-7-19(8-10-20)26(27,28)29/h7-10,13-14H,6,11-12,15H2,1-5H3. The number of nitrogens with zero attached hydrogens (tertiary/aromatic N) is 2. The maximum atomic E-state index is 12.8. The Morgan fingerprint density at radius 2 is 1.61 bits per heavy atom. The number of benzene rings is 2. The number of anilines is 1. The number of ether oxygens (including phenoxy) is 2. The topological polar surface area (TPSA) is 76.2 Å². The number of alkyl halides is 3. The van der Waals surface area contributed by atoms with Gasteiger partial charge in [0.05, 0.1) is 12.2 Å². The monoisotopic (exact) mass is 506 g/mol. The minimum Gasteiger partial charge on any atom is -0.476 e. The summed E-state index contributed by atoms with van der Waals surface area (Å²) in [7, 11) is 0. The molecular weight excluding hydrogens is 477 g/mol. The van der Waals surface area contributed by atoms with Gasteiger partial charge in [-0.2, -0.15) is 13.2 Å². The number of hydrogen-bond acceptors (Lipinski definition) is 5. The summed E-state index contributed by atoms with van der Waals surface area (Å²) < 4.78 is 49.5. The fraction of sp³-hybridized carbons (Fsp3) is 0.423. The van der Waals surface area contributed by atoms with Gasteiger partial charge in [-0.15, -0.1) is 0 Å². The van der Waals surface area contributed by atoms with Crippen LogP contribution in [0.1, 0.15) is 43.0 Å². The molecule has 1 aliphatic heterocycles. The van der Waals surface area contributed by atoms with Crippen LogP contribution in [0.3, 0.4) is 0 Å². The molecule has 194 valence electrons. The highest BCUT2D eigenvalue weighted by molar-refractivity contribution is 6.12. The summed E-state index contributed by atoms with van der Waals surface area (Å²) in [4.78, 5) is 39.8. The molecule has 1 heterocycles. The zero-order valence-corrected chi connectivity index (χ0v) is 20.9. The Kier molecular flexibility index (Phi) is 7.66. The van der Waals surface area contributed by atoms with Crippen molar-refractivity contribution in [3.8, 4) is 5.75 Å². The summed E-state index contributed by atoms with van der Waals surface area (Å²) in [6.07, 6.45) is -4.11.